The summed E-state index contributed by atoms with van der Waals surface area (Å²) < 4.78 is 3.08. The average molecular weight is 287 g/mol. The molecule has 0 bridgehead atoms. The SMILES string of the molecule is SN1CCCC1C=C(Br)Br. The molecule has 0 radical (unpaired) electrons. The number of halogens is 2. The minimum atomic E-state index is 0.497. The van der Waals surface area contributed by atoms with E-state index in [1.54, 1.807) is 0 Å². The summed E-state index contributed by atoms with van der Waals surface area (Å²) >= 11 is 11.0. The third kappa shape index (κ3) is 2.57. The molecule has 0 aromatic carbocycles. The first-order valence-electron chi connectivity index (χ1n) is 3.18. The minimum absolute atomic E-state index is 0.497. The van der Waals surface area contributed by atoms with Gasteiger partial charge in [0.05, 0.1) is 3.39 Å². The molecule has 0 aromatic rings. The standard InChI is InChI=1S/C6H9Br2NS/c7-6(8)4-5-2-1-3-9(5)10/h4-5,10H,1-3H2. The Kier molecular flexibility index (Phi) is 3.77. The fraction of sp³-hybridized carbons (Fsp3) is 0.667. The van der Waals surface area contributed by atoms with Gasteiger partial charge in [0, 0.05) is 12.6 Å². The minimum Gasteiger partial charge on any atom is -0.246 e. The van der Waals surface area contributed by atoms with Gasteiger partial charge in [-0.2, -0.15) is 0 Å². The second-order valence-electron chi connectivity index (χ2n) is 2.33. The maximum Gasteiger partial charge on any atom is 0.0580 e. The van der Waals surface area contributed by atoms with Crippen molar-refractivity contribution in [3.63, 3.8) is 0 Å². The lowest BCUT2D eigenvalue weighted by Gasteiger charge is -2.12. The van der Waals surface area contributed by atoms with Gasteiger partial charge in [-0.25, -0.2) is 4.31 Å². The number of hydrogen-bond acceptors (Lipinski definition) is 2. The van der Waals surface area contributed by atoms with Gasteiger partial charge in [-0.15, -0.1) is 0 Å². The van der Waals surface area contributed by atoms with Crippen LogP contribution in [0.25, 0.3) is 0 Å². The summed E-state index contributed by atoms with van der Waals surface area (Å²) in [5.41, 5.74) is 0. The molecule has 1 fully saturated rings. The summed E-state index contributed by atoms with van der Waals surface area (Å²) in [6.07, 6.45) is 4.59. The molecule has 1 unspecified atom stereocenters. The van der Waals surface area contributed by atoms with E-state index in [4.69, 9.17) is 0 Å². The van der Waals surface area contributed by atoms with Gasteiger partial charge in [0.2, 0.25) is 0 Å². The van der Waals surface area contributed by atoms with E-state index >= 15 is 0 Å². The first-order valence-corrected chi connectivity index (χ1v) is 5.17. The van der Waals surface area contributed by atoms with Gasteiger partial charge < -0.3 is 0 Å². The molecule has 1 rings (SSSR count). The monoisotopic (exact) mass is 285 g/mol. The molecule has 1 aliphatic heterocycles. The molecule has 1 atom stereocenters. The molecule has 1 saturated heterocycles. The van der Waals surface area contributed by atoms with Gasteiger partial charge in [-0.1, -0.05) is 12.8 Å². The van der Waals surface area contributed by atoms with Gasteiger partial charge in [-0.3, -0.25) is 0 Å². The molecular weight excluding hydrogens is 278 g/mol. The fourth-order valence-corrected chi connectivity index (χ4v) is 2.03. The van der Waals surface area contributed by atoms with Crippen LogP contribution in [0.5, 0.6) is 0 Å². The average Bonchev–Trinajstić information content (AvgIpc) is 2.15. The first-order chi connectivity index (χ1) is 4.70. The first kappa shape index (κ1) is 9.10. The van der Waals surface area contributed by atoms with Crippen LogP contribution in [0.3, 0.4) is 0 Å². The number of rotatable bonds is 1. The number of nitrogens with zero attached hydrogens (tertiary/aromatic N) is 1. The molecule has 4 heteroatoms. The van der Waals surface area contributed by atoms with Crippen molar-refractivity contribution in [3.8, 4) is 0 Å². The van der Waals surface area contributed by atoms with E-state index in [1.165, 1.54) is 12.8 Å². The van der Waals surface area contributed by atoms with Crippen molar-refractivity contribution in [3.05, 3.63) is 9.47 Å². The molecule has 10 heavy (non-hydrogen) atoms. The molecule has 0 aromatic heterocycles. The highest BCUT2D eigenvalue weighted by molar-refractivity contribution is 9.28. The van der Waals surface area contributed by atoms with Crippen molar-refractivity contribution in [1.29, 1.82) is 0 Å². The molecule has 1 nitrogen and oxygen atoms in total. The van der Waals surface area contributed by atoms with E-state index in [2.05, 4.69) is 55.1 Å². The van der Waals surface area contributed by atoms with Crippen LogP contribution in [-0.2, 0) is 0 Å². The van der Waals surface area contributed by atoms with Gasteiger partial charge >= 0.3 is 0 Å². The Bertz CT molecular complexity index is 145. The summed E-state index contributed by atoms with van der Waals surface area (Å²) in [4.78, 5) is 0. The lowest BCUT2D eigenvalue weighted by Crippen LogP contribution is -2.16. The molecule has 0 N–H and O–H groups in total. The van der Waals surface area contributed by atoms with E-state index in [0.29, 0.717) is 6.04 Å². The Morgan fingerprint density at radius 2 is 2.30 bits per heavy atom. The van der Waals surface area contributed by atoms with E-state index in [1.807, 2.05) is 0 Å². The highest BCUT2D eigenvalue weighted by Gasteiger charge is 2.19. The quantitative estimate of drug-likeness (QED) is 0.726. The molecule has 0 amide bonds. The Morgan fingerprint density at radius 3 is 2.70 bits per heavy atom. The predicted molar refractivity (Wildman–Crippen MR) is 54.7 cm³/mol. The largest absolute Gasteiger partial charge is 0.246 e. The zero-order valence-corrected chi connectivity index (χ0v) is 9.49. The lowest BCUT2D eigenvalue weighted by atomic mass is 10.2. The topological polar surface area (TPSA) is 3.24 Å². The second-order valence-corrected chi connectivity index (χ2v) is 5.62. The normalized spacial score (nSPS) is 26.9. The van der Waals surface area contributed by atoms with Gasteiger partial charge in [0.1, 0.15) is 0 Å². The smallest absolute Gasteiger partial charge is 0.0580 e. The maximum absolute atomic E-state index is 4.31. The third-order valence-corrected chi connectivity index (χ3v) is 2.61. The van der Waals surface area contributed by atoms with Gasteiger partial charge in [0.25, 0.3) is 0 Å². The van der Waals surface area contributed by atoms with Crippen molar-refractivity contribution in [2.45, 2.75) is 18.9 Å². The summed E-state index contributed by atoms with van der Waals surface area (Å²) in [6.45, 7) is 1.09. The third-order valence-electron chi connectivity index (χ3n) is 1.59. The highest BCUT2D eigenvalue weighted by Crippen LogP contribution is 2.24. The molecular formula is C6H9Br2NS. The van der Waals surface area contributed by atoms with E-state index in [0.717, 1.165) is 9.94 Å². The van der Waals surface area contributed by atoms with Crippen LogP contribution < -0.4 is 0 Å². The zero-order valence-electron chi connectivity index (χ0n) is 5.43. The Morgan fingerprint density at radius 1 is 1.60 bits per heavy atom. The molecule has 58 valence electrons. The fourth-order valence-electron chi connectivity index (χ4n) is 1.09. The van der Waals surface area contributed by atoms with Gasteiger partial charge in [-0.05, 0) is 50.8 Å². The Labute approximate surface area is 83.7 Å². The molecule has 1 aliphatic rings. The van der Waals surface area contributed by atoms with Crippen LogP contribution in [0.1, 0.15) is 12.8 Å². The lowest BCUT2D eigenvalue weighted by molar-refractivity contribution is 0.512. The summed E-state index contributed by atoms with van der Waals surface area (Å²) in [5, 5.41) is 0. The highest BCUT2D eigenvalue weighted by atomic mass is 79.9. The molecule has 1 heterocycles. The molecule has 0 aliphatic carbocycles. The summed E-state index contributed by atoms with van der Waals surface area (Å²) in [5.74, 6) is 0. The van der Waals surface area contributed by atoms with Crippen molar-refractivity contribution < 1.29 is 0 Å². The molecule has 0 spiro atoms. The van der Waals surface area contributed by atoms with Gasteiger partial charge in [0.15, 0.2) is 0 Å². The van der Waals surface area contributed by atoms with E-state index in [9.17, 15) is 0 Å². The van der Waals surface area contributed by atoms with Crippen LogP contribution in [0.2, 0.25) is 0 Å². The molecule has 0 saturated carbocycles. The Balaban J connectivity index is 2.48. The number of hydrogen-bond donors (Lipinski definition) is 1. The van der Waals surface area contributed by atoms with Crippen LogP contribution in [0.15, 0.2) is 9.47 Å². The summed E-state index contributed by atoms with van der Waals surface area (Å²) in [6, 6.07) is 0.497. The van der Waals surface area contributed by atoms with E-state index < -0.39 is 0 Å². The Hall–Kier alpha value is 1.01. The maximum atomic E-state index is 4.31. The van der Waals surface area contributed by atoms with Crippen LogP contribution in [-0.4, -0.2) is 16.9 Å². The number of thiol groups is 1. The summed E-state index contributed by atoms with van der Waals surface area (Å²) in [7, 11) is 0. The van der Waals surface area contributed by atoms with E-state index in [-0.39, 0.29) is 0 Å². The van der Waals surface area contributed by atoms with Crippen molar-refractivity contribution in [1.82, 2.24) is 4.31 Å². The van der Waals surface area contributed by atoms with Crippen LogP contribution in [0.4, 0.5) is 0 Å². The zero-order chi connectivity index (χ0) is 7.56. The van der Waals surface area contributed by atoms with Crippen LogP contribution >= 0.6 is 44.7 Å². The second kappa shape index (κ2) is 4.14. The van der Waals surface area contributed by atoms with Crippen LogP contribution in [0, 0.1) is 0 Å². The predicted octanol–water partition coefficient (Wildman–Crippen LogP) is 2.93. The van der Waals surface area contributed by atoms with Crippen molar-refractivity contribution >= 4 is 44.7 Å². The van der Waals surface area contributed by atoms with Crippen molar-refractivity contribution in [2.75, 3.05) is 6.54 Å². The van der Waals surface area contributed by atoms with Crippen molar-refractivity contribution in [2.24, 2.45) is 0 Å².